The fourth-order valence-electron chi connectivity index (χ4n) is 0.645. The molecule has 60 valence electrons. The van der Waals surface area contributed by atoms with Crippen LogP contribution in [0.15, 0.2) is 0 Å². The van der Waals surface area contributed by atoms with Crippen molar-refractivity contribution in [3.8, 4) is 0 Å². The Morgan fingerprint density at radius 1 is 1.00 bits per heavy atom. The number of hydrogen-bond donors (Lipinski definition) is 0. The molecule has 0 aromatic heterocycles. The summed E-state index contributed by atoms with van der Waals surface area (Å²) in [6.07, 6.45) is 2.34. The van der Waals surface area contributed by atoms with Crippen molar-refractivity contribution >= 4 is 0 Å². The summed E-state index contributed by atoms with van der Waals surface area (Å²) < 4.78 is 0. The molecule has 2 heteroatoms. The van der Waals surface area contributed by atoms with Crippen molar-refractivity contribution in [2.75, 3.05) is 0 Å². The van der Waals surface area contributed by atoms with Gasteiger partial charge in [0.25, 0.3) is 0 Å². The van der Waals surface area contributed by atoms with Gasteiger partial charge in [0.15, 0.2) is 0 Å². The predicted molar refractivity (Wildman–Crippen MR) is 42.9 cm³/mol. The summed E-state index contributed by atoms with van der Waals surface area (Å²) >= 11 is 0. The first-order valence-corrected chi connectivity index (χ1v) is 3.90. The minimum Gasteiger partial charge on any atom is -0.657 e. The molecule has 10 heavy (non-hydrogen) atoms. The Bertz CT molecular complexity index is 58.3. The van der Waals surface area contributed by atoms with E-state index in [1.54, 1.807) is 0 Å². The summed E-state index contributed by atoms with van der Waals surface area (Å²) in [5.74, 6) is 0. The second-order valence-corrected chi connectivity index (χ2v) is 2.66. The molecule has 0 bridgehead atoms. The summed E-state index contributed by atoms with van der Waals surface area (Å²) in [6.45, 7) is 8.70. The number of nitrogens with zero attached hydrogens (tertiary/aromatic N) is 1. The second kappa shape index (κ2) is 7.94. The quantitative estimate of drug-likeness (QED) is 0.690. The van der Waals surface area contributed by atoms with Crippen LogP contribution in [0.1, 0.15) is 40.5 Å². The molecule has 0 aromatic rings. The van der Waals surface area contributed by atoms with Crippen LogP contribution in [-0.2, 0) is 26.2 Å². The van der Waals surface area contributed by atoms with Crippen LogP contribution < -0.4 is 0 Å². The maximum Gasteiger partial charge on any atom is 0 e. The Morgan fingerprint density at radius 3 is 1.50 bits per heavy atom. The minimum absolute atomic E-state index is 0. The third kappa shape index (κ3) is 6.96. The van der Waals surface area contributed by atoms with Crippen LogP contribution in [-0.4, -0.2) is 12.1 Å². The maximum atomic E-state index is 4.51. The molecule has 0 amide bonds. The van der Waals surface area contributed by atoms with E-state index >= 15 is 0 Å². The maximum absolute atomic E-state index is 4.51. The normalized spacial score (nSPS) is 15.6. The van der Waals surface area contributed by atoms with Gasteiger partial charge < -0.3 is 5.32 Å². The molecular formula is C8H18NZr-. The van der Waals surface area contributed by atoms with E-state index < -0.39 is 0 Å². The van der Waals surface area contributed by atoms with Gasteiger partial charge in [-0.15, -0.1) is 12.1 Å². The Kier molecular flexibility index (Phi) is 10.7. The van der Waals surface area contributed by atoms with Gasteiger partial charge in [0.1, 0.15) is 0 Å². The van der Waals surface area contributed by atoms with Crippen LogP contribution >= 0.6 is 0 Å². The fourth-order valence-corrected chi connectivity index (χ4v) is 0.645. The Balaban J connectivity index is 0. The zero-order valence-electron chi connectivity index (χ0n) is 7.52. The minimum atomic E-state index is 0. The van der Waals surface area contributed by atoms with Crippen LogP contribution in [0.5, 0.6) is 0 Å². The van der Waals surface area contributed by atoms with Crippen molar-refractivity contribution in [2.24, 2.45) is 0 Å². The zero-order chi connectivity index (χ0) is 7.28. The molecule has 0 rings (SSSR count). The fraction of sp³-hybridized carbons (Fsp3) is 1.00. The van der Waals surface area contributed by atoms with Gasteiger partial charge in [0, 0.05) is 26.2 Å². The monoisotopic (exact) mass is 218 g/mol. The Morgan fingerprint density at radius 2 is 1.30 bits per heavy atom. The number of rotatable bonds is 4. The molecule has 0 aromatic carbocycles. The van der Waals surface area contributed by atoms with Crippen molar-refractivity contribution in [3.63, 3.8) is 0 Å². The van der Waals surface area contributed by atoms with Crippen LogP contribution in [0.3, 0.4) is 0 Å². The molecule has 0 radical (unpaired) electrons. The van der Waals surface area contributed by atoms with E-state index in [2.05, 4.69) is 33.0 Å². The van der Waals surface area contributed by atoms with Gasteiger partial charge in [0.2, 0.25) is 0 Å². The zero-order valence-corrected chi connectivity index (χ0v) is 9.97. The predicted octanol–water partition coefficient (Wildman–Crippen LogP) is 2.95. The van der Waals surface area contributed by atoms with Crippen molar-refractivity contribution in [1.82, 2.24) is 0 Å². The molecule has 0 heterocycles. The summed E-state index contributed by atoms with van der Waals surface area (Å²) in [6, 6.07) is 1.11. The van der Waals surface area contributed by atoms with Gasteiger partial charge in [-0.2, -0.15) is 0 Å². The molecule has 1 nitrogen and oxygen atoms in total. The molecular weight excluding hydrogens is 201 g/mol. The first-order chi connectivity index (χ1) is 4.20. The molecule has 0 aliphatic heterocycles. The van der Waals surface area contributed by atoms with E-state index in [0.717, 1.165) is 0 Å². The van der Waals surface area contributed by atoms with E-state index in [9.17, 15) is 0 Å². The molecule has 0 saturated carbocycles. The number of hydrogen-bond acceptors (Lipinski definition) is 0. The molecule has 0 fully saturated rings. The molecule has 2 atom stereocenters. The molecule has 0 aliphatic rings. The summed E-state index contributed by atoms with van der Waals surface area (Å²) in [5, 5.41) is 4.51. The van der Waals surface area contributed by atoms with E-state index in [4.69, 9.17) is 0 Å². The van der Waals surface area contributed by atoms with Crippen molar-refractivity contribution < 1.29 is 26.2 Å². The van der Waals surface area contributed by atoms with E-state index in [1.807, 2.05) is 0 Å². The van der Waals surface area contributed by atoms with Crippen LogP contribution in [0.25, 0.3) is 5.32 Å². The summed E-state index contributed by atoms with van der Waals surface area (Å²) in [4.78, 5) is 0. The summed E-state index contributed by atoms with van der Waals surface area (Å²) in [7, 11) is 0. The van der Waals surface area contributed by atoms with E-state index in [-0.39, 0.29) is 26.2 Å². The smallest absolute Gasteiger partial charge is 0 e. The first kappa shape index (κ1) is 13.4. The van der Waals surface area contributed by atoms with Crippen molar-refractivity contribution in [2.45, 2.75) is 52.6 Å². The van der Waals surface area contributed by atoms with Crippen LogP contribution in [0, 0.1) is 0 Å². The van der Waals surface area contributed by atoms with Crippen molar-refractivity contribution in [3.05, 3.63) is 5.32 Å². The standard InChI is InChI=1S/C8H18N.Zr/c1-5-7(3)9-8(4)6-2;/h7-8H,5-6H2,1-4H3;/q-1;. The first-order valence-electron chi connectivity index (χ1n) is 3.90. The van der Waals surface area contributed by atoms with Crippen LogP contribution in [0.4, 0.5) is 0 Å². The summed E-state index contributed by atoms with van der Waals surface area (Å²) in [5.41, 5.74) is 0. The van der Waals surface area contributed by atoms with Gasteiger partial charge in [-0.05, 0) is 0 Å². The van der Waals surface area contributed by atoms with E-state index in [0.29, 0.717) is 12.1 Å². The molecule has 0 saturated heterocycles. The molecule has 0 aliphatic carbocycles. The molecule has 2 unspecified atom stereocenters. The second-order valence-electron chi connectivity index (χ2n) is 2.66. The molecule has 0 spiro atoms. The largest absolute Gasteiger partial charge is 0.657 e. The van der Waals surface area contributed by atoms with Gasteiger partial charge in [-0.25, -0.2) is 0 Å². The SMILES string of the molecule is CCC(C)[N-]C(C)CC.[Zr]. The van der Waals surface area contributed by atoms with Crippen molar-refractivity contribution in [1.29, 1.82) is 0 Å². The van der Waals surface area contributed by atoms with E-state index in [1.165, 1.54) is 12.8 Å². The topological polar surface area (TPSA) is 14.1 Å². The average Bonchev–Trinajstić information content (AvgIpc) is 1.87. The van der Waals surface area contributed by atoms with Gasteiger partial charge in [0.05, 0.1) is 0 Å². The third-order valence-electron chi connectivity index (χ3n) is 1.69. The van der Waals surface area contributed by atoms with Gasteiger partial charge in [-0.3, -0.25) is 0 Å². The third-order valence-corrected chi connectivity index (χ3v) is 1.69. The Labute approximate surface area is 84.1 Å². The average molecular weight is 219 g/mol. The van der Waals surface area contributed by atoms with Gasteiger partial charge >= 0.3 is 0 Å². The van der Waals surface area contributed by atoms with Gasteiger partial charge in [-0.1, -0.05) is 40.5 Å². The van der Waals surface area contributed by atoms with Crippen LogP contribution in [0.2, 0.25) is 0 Å². The molecule has 0 N–H and O–H groups in total. The Hall–Kier alpha value is 0.843.